The lowest BCUT2D eigenvalue weighted by molar-refractivity contribution is -0.137. The summed E-state index contributed by atoms with van der Waals surface area (Å²) in [5, 5.41) is 2.18. The van der Waals surface area contributed by atoms with Crippen LogP contribution in [0.5, 0.6) is 0 Å². The molecule has 0 atom stereocenters. The molecule has 0 aliphatic carbocycles. The number of rotatable bonds is 2. The van der Waals surface area contributed by atoms with Crippen LogP contribution in [0.15, 0.2) is 74.9 Å². The number of halogens is 4. The maximum atomic E-state index is 12.9. The fraction of sp³-hybridized carbons (Fsp3) is 0.0588. The second-order valence-corrected chi connectivity index (χ2v) is 6.85. The van der Waals surface area contributed by atoms with Crippen LogP contribution >= 0.6 is 27.7 Å². The molecule has 0 saturated carbocycles. The van der Waals surface area contributed by atoms with Gasteiger partial charge in [-0.15, -0.1) is 0 Å². The maximum Gasteiger partial charge on any atom is 0.416 e. The molecule has 0 aliphatic heterocycles. The summed E-state index contributed by atoms with van der Waals surface area (Å²) >= 11 is 4.46. The molecule has 0 radical (unpaired) electrons. The zero-order valence-corrected chi connectivity index (χ0v) is 13.6. The molecule has 0 bridgehead atoms. The van der Waals surface area contributed by atoms with Crippen molar-refractivity contribution in [2.24, 2.45) is 0 Å². The Bertz CT molecular complexity index is 827. The summed E-state index contributed by atoms with van der Waals surface area (Å²) in [4.78, 5) is 1.46. The molecule has 3 rings (SSSR count). The van der Waals surface area contributed by atoms with Crippen molar-refractivity contribution in [3.05, 3.63) is 70.7 Å². The first-order valence-electron chi connectivity index (χ1n) is 6.46. The Morgan fingerprint density at radius 3 is 2.23 bits per heavy atom. The van der Waals surface area contributed by atoms with E-state index >= 15 is 0 Å². The molecule has 0 nitrogen and oxygen atoms in total. The van der Waals surface area contributed by atoms with Crippen molar-refractivity contribution < 1.29 is 13.2 Å². The van der Waals surface area contributed by atoms with Gasteiger partial charge in [0.25, 0.3) is 0 Å². The predicted octanol–water partition coefficient (Wildman–Crippen LogP) is 6.77. The van der Waals surface area contributed by atoms with E-state index in [1.165, 1.54) is 17.8 Å². The Morgan fingerprint density at radius 1 is 0.773 bits per heavy atom. The Labute approximate surface area is 138 Å². The molecule has 22 heavy (non-hydrogen) atoms. The maximum absolute atomic E-state index is 12.9. The van der Waals surface area contributed by atoms with Crippen LogP contribution in [-0.4, -0.2) is 0 Å². The van der Waals surface area contributed by atoms with Crippen LogP contribution in [0.2, 0.25) is 0 Å². The number of hydrogen-bond donors (Lipinski definition) is 0. The number of hydrogen-bond acceptors (Lipinski definition) is 1. The zero-order valence-electron chi connectivity index (χ0n) is 11.2. The van der Waals surface area contributed by atoms with Crippen molar-refractivity contribution in [1.82, 2.24) is 0 Å². The first-order valence-corrected chi connectivity index (χ1v) is 8.07. The van der Waals surface area contributed by atoms with E-state index in [9.17, 15) is 13.2 Å². The second-order valence-electron chi connectivity index (χ2n) is 4.78. The van der Waals surface area contributed by atoms with E-state index in [1.807, 2.05) is 42.5 Å². The lowest BCUT2D eigenvalue weighted by atomic mass is 10.1. The van der Waals surface area contributed by atoms with Crippen molar-refractivity contribution in [2.75, 3.05) is 0 Å². The van der Waals surface area contributed by atoms with Gasteiger partial charge in [-0.05, 0) is 41.1 Å². The molecule has 0 spiro atoms. The highest BCUT2D eigenvalue weighted by Gasteiger charge is 2.31. The topological polar surface area (TPSA) is 0 Å². The molecule has 0 fully saturated rings. The van der Waals surface area contributed by atoms with Crippen molar-refractivity contribution in [3.63, 3.8) is 0 Å². The molecule has 0 unspecified atom stereocenters. The fourth-order valence-corrected chi connectivity index (χ4v) is 3.76. The molecule has 5 heteroatoms. The first kappa shape index (κ1) is 15.4. The largest absolute Gasteiger partial charge is 0.416 e. The van der Waals surface area contributed by atoms with Crippen molar-refractivity contribution in [2.45, 2.75) is 16.0 Å². The molecule has 3 aromatic rings. The Hall–Kier alpha value is -1.46. The SMILES string of the molecule is FC(F)(F)c1cc(Br)cc(Sc2ccc3ccccc3c2)c1. The Morgan fingerprint density at radius 2 is 1.50 bits per heavy atom. The average Bonchev–Trinajstić information content (AvgIpc) is 2.45. The molecular weight excluding hydrogens is 373 g/mol. The van der Waals surface area contributed by atoms with Gasteiger partial charge in [0.15, 0.2) is 0 Å². The van der Waals surface area contributed by atoms with E-state index in [1.54, 1.807) is 6.07 Å². The van der Waals surface area contributed by atoms with E-state index in [-0.39, 0.29) is 0 Å². The lowest BCUT2D eigenvalue weighted by Crippen LogP contribution is -2.04. The van der Waals surface area contributed by atoms with Gasteiger partial charge in [0.2, 0.25) is 0 Å². The summed E-state index contributed by atoms with van der Waals surface area (Å²) in [6, 6.07) is 17.7. The number of benzene rings is 3. The standard InChI is InChI=1S/C17H10BrF3S/c18-14-8-13(17(19,20)21)9-16(10-14)22-15-6-5-11-3-1-2-4-12(11)7-15/h1-10H. The van der Waals surface area contributed by atoms with Gasteiger partial charge in [-0.25, -0.2) is 0 Å². The van der Waals surface area contributed by atoms with Crippen LogP contribution in [0.25, 0.3) is 10.8 Å². The predicted molar refractivity (Wildman–Crippen MR) is 87.2 cm³/mol. The highest BCUT2D eigenvalue weighted by atomic mass is 79.9. The van der Waals surface area contributed by atoms with Crippen LogP contribution in [0, 0.1) is 0 Å². The molecule has 0 aromatic heterocycles. The van der Waals surface area contributed by atoms with E-state index in [2.05, 4.69) is 15.9 Å². The van der Waals surface area contributed by atoms with Crippen molar-refractivity contribution in [3.8, 4) is 0 Å². The van der Waals surface area contributed by atoms with Gasteiger partial charge in [0.05, 0.1) is 5.56 Å². The van der Waals surface area contributed by atoms with Gasteiger partial charge in [-0.1, -0.05) is 58.0 Å². The van der Waals surface area contributed by atoms with Gasteiger partial charge in [-0.2, -0.15) is 13.2 Å². The smallest absolute Gasteiger partial charge is 0.166 e. The van der Waals surface area contributed by atoms with Crippen LogP contribution in [0.4, 0.5) is 13.2 Å². The van der Waals surface area contributed by atoms with E-state index in [0.717, 1.165) is 21.7 Å². The van der Waals surface area contributed by atoms with Crippen LogP contribution in [0.1, 0.15) is 5.56 Å². The molecule has 112 valence electrons. The van der Waals surface area contributed by atoms with Gasteiger partial charge < -0.3 is 0 Å². The third-order valence-electron chi connectivity index (χ3n) is 3.16. The van der Waals surface area contributed by atoms with Gasteiger partial charge in [0.1, 0.15) is 0 Å². The van der Waals surface area contributed by atoms with Crippen molar-refractivity contribution in [1.29, 1.82) is 0 Å². The van der Waals surface area contributed by atoms with Crippen LogP contribution < -0.4 is 0 Å². The Kier molecular flexibility index (Phi) is 4.19. The summed E-state index contributed by atoms with van der Waals surface area (Å²) in [5.74, 6) is 0. The van der Waals surface area contributed by atoms with Crippen LogP contribution in [-0.2, 0) is 6.18 Å². The molecule has 0 N–H and O–H groups in total. The molecule has 0 aliphatic rings. The molecule has 3 aromatic carbocycles. The monoisotopic (exact) mass is 382 g/mol. The summed E-state index contributed by atoms with van der Waals surface area (Å²) in [7, 11) is 0. The molecular formula is C17H10BrF3S. The first-order chi connectivity index (χ1) is 10.4. The zero-order chi connectivity index (χ0) is 15.7. The average molecular weight is 383 g/mol. The summed E-state index contributed by atoms with van der Waals surface area (Å²) < 4.78 is 39.0. The second kappa shape index (κ2) is 5.97. The third-order valence-corrected chi connectivity index (χ3v) is 4.57. The van der Waals surface area contributed by atoms with Gasteiger partial charge in [-0.3, -0.25) is 0 Å². The highest BCUT2D eigenvalue weighted by molar-refractivity contribution is 9.10. The van der Waals surface area contributed by atoms with E-state index in [0.29, 0.717) is 9.37 Å². The summed E-state index contributed by atoms with van der Waals surface area (Å²) in [6.07, 6.45) is -4.34. The third kappa shape index (κ3) is 3.47. The van der Waals surface area contributed by atoms with Crippen molar-refractivity contribution >= 4 is 38.5 Å². The molecule has 0 heterocycles. The quantitative estimate of drug-likeness (QED) is 0.471. The minimum absolute atomic E-state index is 0.422. The highest BCUT2D eigenvalue weighted by Crippen LogP contribution is 2.37. The molecule has 0 saturated heterocycles. The summed E-state index contributed by atoms with van der Waals surface area (Å²) in [6.45, 7) is 0. The number of alkyl halides is 3. The normalized spacial score (nSPS) is 11.8. The van der Waals surface area contributed by atoms with E-state index < -0.39 is 11.7 Å². The Balaban J connectivity index is 1.96. The lowest BCUT2D eigenvalue weighted by Gasteiger charge is -2.10. The van der Waals surface area contributed by atoms with E-state index in [4.69, 9.17) is 0 Å². The van der Waals surface area contributed by atoms with Crippen LogP contribution in [0.3, 0.4) is 0 Å². The summed E-state index contributed by atoms with van der Waals surface area (Å²) in [5.41, 5.74) is -0.648. The minimum atomic E-state index is -4.34. The van der Waals surface area contributed by atoms with Gasteiger partial charge >= 0.3 is 6.18 Å². The number of fused-ring (bicyclic) bond motifs is 1. The molecule has 0 amide bonds. The van der Waals surface area contributed by atoms with Gasteiger partial charge in [0, 0.05) is 14.3 Å². The fourth-order valence-electron chi connectivity index (χ4n) is 2.15. The minimum Gasteiger partial charge on any atom is -0.166 e.